The van der Waals surface area contributed by atoms with E-state index >= 15 is 0 Å². The minimum absolute atomic E-state index is 0.0341. The van der Waals surface area contributed by atoms with Crippen LogP contribution in [0.1, 0.15) is 34.7 Å². The highest BCUT2D eigenvalue weighted by atomic mass is 32.1. The van der Waals surface area contributed by atoms with Crippen LogP contribution in [0, 0.1) is 0 Å². The Morgan fingerprint density at radius 2 is 1.58 bits per heavy atom. The first kappa shape index (κ1) is 18.3. The van der Waals surface area contributed by atoms with E-state index < -0.39 is 0 Å². The zero-order valence-corrected chi connectivity index (χ0v) is 17.7. The maximum atomic E-state index is 13.6. The van der Waals surface area contributed by atoms with Crippen molar-refractivity contribution in [3.05, 3.63) is 132 Å². The monoisotopic (exact) mass is 420 g/mol. The van der Waals surface area contributed by atoms with Crippen molar-refractivity contribution >= 4 is 23.1 Å². The Balaban J connectivity index is 1.65. The summed E-state index contributed by atoms with van der Waals surface area (Å²) >= 11 is 1.48. The molecule has 4 aromatic rings. The average Bonchev–Trinajstić information content (AvgIpc) is 3.13. The largest absolute Gasteiger partial charge is 0.272 e. The molecule has 0 N–H and O–H groups in total. The second kappa shape index (κ2) is 7.33. The predicted octanol–water partition coefficient (Wildman–Crippen LogP) is 4.32. The van der Waals surface area contributed by atoms with Crippen LogP contribution in [0.5, 0.6) is 0 Å². The molecule has 2 aliphatic rings. The fourth-order valence-corrected chi connectivity index (χ4v) is 5.66. The SMILES string of the molecule is O=c1/c(=C/c2ccccc2)sc2n1[C@H](c1ccccc1)C1=C(N=2)c2ccccc2CC1. The molecule has 0 radical (unpaired) electrons. The highest BCUT2D eigenvalue weighted by Gasteiger charge is 2.32. The minimum Gasteiger partial charge on any atom is -0.272 e. The summed E-state index contributed by atoms with van der Waals surface area (Å²) < 4.78 is 2.63. The number of allylic oxidation sites excluding steroid dienone is 1. The summed E-state index contributed by atoms with van der Waals surface area (Å²) in [6.45, 7) is 0. The van der Waals surface area contributed by atoms with Crippen molar-refractivity contribution in [2.75, 3.05) is 0 Å². The topological polar surface area (TPSA) is 34.4 Å². The molecule has 0 unspecified atom stereocenters. The number of fused-ring (bicyclic) bond motifs is 3. The van der Waals surface area contributed by atoms with Gasteiger partial charge in [0.2, 0.25) is 0 Å². The normalized spacial score (nSPS) is 17.5. The van der Waals surface area contributed by atoms with Crippen molar-refractivity contribution in [3.63, 3.8) is 0 Å². The highest BCUT2D eigenvalue weighted by molar-refractivity contribution is 7.07. The molecule has 150 valence electrons. The molecule has 6 rings (SSSR count). The van der Waals surface area contributed by atoms with Crippen LogP contribution in [0.25, 0.3) is 11.8 Å². The summed E-state index contributed by atoms with van der Waals surface area (Å²) in [5.74, 6) is 0. The van der Waals surface area contributed by atoms with Gasteiger partial charge in [0.05, 0.1) is 16.3 Å². The van der Waals surface area contributed by atoms with Gasteiger partial charge in [-0.15, -0.1) is 0 Å². The number of benzene rings is 3. The van der Waals surface area contributed by atoms with Gasteiger partial charge in [-0.25, -0.2) is 4.99 Å². The third-order valence-corrected chi connectivity index (χ3v) is 7.07. The molecule has 1 aliphatic carbocycles. The van der Waals surface area contributed by atoms with Crippen molar-refractivity contribution in [2.24, 2.45) is 4.99 Å². The predicted molar refractivity (Wildman–Crippen MR) is 126 cm³/mol. The molecule has 1 aliphatic heterocycles. The highest BCUT2D eigenvalue weighted by Crippen LogP contribution is 2.41. The number of rotatable bonds is 2. The van der Waals surface area contributed by atoms with Crippen molar-refractivity contribution < 1.29 is 0 Å². The van der Waals surface area contributed by atoms with Gasteiger partial charge in [0.25, 0.3) is 5.56 Å². The van der Waals surface area contributed by atoms with Gasteiger partial charge >= 0.3 is 0 Å². The zero-order chi connectivity index (χ0) is 20.8. The van der Waals surface area contributed by atoms with Gasteiger partial charge in [0, 0.05) is 5.56 Å². The van der Waals surface area contributed by atoms with Gasteiger partial charge in [-0.1, -0.05) is 96.3 Å². The molecule has 0 spiro atoms. The van der Waals surface area contributed by atoms with Gasteiger partial charge in [-0.2, -0.15) is 0 Å². The summed E-state index contributed by atoms with van der Waals surface area (Å²) in [6, 6.07) is 28.8. The quantitative estimate of drug-likeness (QED) is 0.476. The molecule has 4 heteroatoms. The second-order valence-corrected chi connectivity index (χ2v) is 8.94. The van der Waals surface area contributed by atoms with Crippen LogP contribution in [-0.2, 0) is 6.42 Å². The Hall–Kier alpha value is -3.50. The lowest BCUT2D eigenvalue weighted by Gasteiger charge is -2.30. The van der Waals surface area contributed by atoms with Crippen molar-refractivity contribution in [1.29, 1.82) is 0 Å². The molecule has 0 saturated heterocycles. The van der Waals surface area contributed by atoms with E-state index in [-0.39, 0.29) is 11.6 Å². The maximum absolute atomic E-state index is 13.6. The van der Waals surface area contributed by atoms with E-state index in [0.29, 0.717) is 0 Å². The van der Waals surface area contributed by atoms with E-state index in [1.165, 1.54) is 28.0 Å². The standard InChI is InChI=1S/C27H20N2OS/c30-26-23(17-18-9-3-1-4-10-18)31-27-28-24-21-14-8-7-11-19(21)15-16-22(24)25(29(26)27)20-12-5-2-6-13-20/h1-14,17,25H,15-16H2/b23-17-/t25-/m1/s1. The third kappa shape index (κ3) is 3.03. The van der Waals surface area contributed by atoms with Crippen LogP contribution < -0.4 is 14.9 Å². The van der Waals surface area contributed by atoms with Crippen LogP contribution in [0.4, 0.5) is 0 Å². The fraction of sp³-hybridized carbons (Fsp3) is 0.111. The first-order valence-electron chi connectivity index (χ1n) is 10.5. The number of aryl methyl sites for hydroxylation is 1. The fourth-order valence-electron chi connectivity index (χ4n) is 4.66. The molecule has 0 bridgehead atoms. The van der Waals surface area contributed by atoms with E-state index in [4.69, 9.17) is 4.99 Å². The first-order chi connectivity index (χ1) is 15.3. The number of aromatic nitrogens is 1. The average molecular weight is 421 g/mol. The maximum Gasteiger partial charge on any atom is 0.271 e. The molecule has 3 aromatic carbocycles. The van der Waals surface area contributed by atoms with Crippen LogP contribution in [0.3, 0.4) is 0 Å². The lowest BCUT2D eigenvalue weighted by molar-refractivity contribution is 0.585. The molecular formula is C27H20N2OS. The van der Waals surface area contributed by atoms with Gasteiger partial charge in [-0.05, 0) is 41.2 Å². The van der Waals surface area contributed by atoms with E-state index in [2.05, 4.69) is 36.4 Å². The lowest BCUT2D eigenvalue weighted by Crippen LogP contribution is -2.38. The number of hydrogen-bond acceptors (Lipinski definition) is 3. The summed E-state index contributed by atoms with van der Waals surface area (Å²) in [5, 5.41) is 0. The Kier molecular flexibility index (Phi) is 4.32. The summed E-state index contributed by atoms with van der Waals surface area (Å²) in [6.07, 6.45) is 3.86. The molecule has 0 amide bonds. The van der Waals surface area contributed by atoms with E-state index in [0.717, 1.165) is 39.0 Å². The third-order valence-electron chi connectivity index (χ3n) is 6.09. The summed E-state index contributed by atoms with van der Waals surface area (Å²) in [4.78, 5) is 19.4. The number of hydrogen-bond donors (Lipinski definition) is 0. The van der Waals surface area contributed by atoms with Crippen molar-refractivity contribution in [2.45, 2.75) is 18.9 Å². The van der Waals surface area contributed by atoms with E-state index in [1.807, 2.05) is 59.2 Å². The van der Waals surface area contributed by atoms with Crippen molar-refractivity contribution in [3.8, 4) is 0 Å². The molecule has 3 nitrogen and oxygen atoms in total. The number of nitrogens with zero attached hydrogens (tertiary/aromatic N) is 2. The molecule has 1 atom stereocenters. The van der Waals surface area contributed by atoms with Gasteiger partial charge in [0.1, 0.15) is 0 Å². The van der Waals surface area contributed by atoms with Crippen LogP contribution in [0.2, 0.25) is 0 Å². The molecule has 31 heavy (non-hydrogen) atoms. The second-order valence-electron chi connectivity index (χ2n) is 7.94. The zero-order valence-electron chi connectivity index (χ0n) is 16.9. The lowest BCUT2D eigenvalue weighted by atomic mass is 9.83. The Labute approximate surface area is 184 Å². The summed E-state index contributed by atoms with van der Waals surface area (Å²) in [7, 11) is 0. The smallest absolute Gasteiger partial charge is 0.271 e. The summed E-state index contributed by atoms with van der Waals surface area (Å²) in [5.41, 5.74) is 7.01. The Bertz CT molecular complexity index is 1490. The number of thiazole rings is 1. The van der Waals surface area contributed by atoms with Gasteiger partial charge in [-0.3, -0.25) is 9.36 Å². The van der Waals surface area contributed by atoms with Crippen LogP contribution >= 0.6 is 11.3 Å². The van der Waals surface area contributed by atoms with Crippen molar-refractivity contribution in [1.82, 2.24) is 4.57 Å². The molecular weight excluding hydrogens is 400 g/mol. The van der Waals surface area contributed by atoms with E-state index in [1.54, 1.807) is 0 Å². The molecule has 1 aromatic heterocycles. The van der Waals surface area contributed by atoms with E-state index in [9.17, 15) is 4.79 Å². The van der Waals surface area contributed by atoms with Crippen LogP contribution in [0.15, 0.2) is 100 Å². The Morgan fingerprint density at radius 1 is 0.871 bits per heavy atom. The van der Waals surface area contributed by atoms with Crippen LogP contribution in [-0.4, -0.2) is 4.57 Å². The van der Waals surface area contributed by atoms with Gasteiger partial charge < -0.3 is 0 Å². The molecule has 0 saturated carbocycles. The minimum atomic E-state index is -0.112. The van der Waals surface area contributed by atoms with Gasteiger partial charge in [0.15, 0.2) is 4.80 Å². The molecule has 2 heterocycles. The Morgan fingerprint density at radius 3 is 2.39 bits per heavy atom. The molecule has 0 fully saturated rings. The first-order valence-corrected chi connectivity index (χ1v) is 11.3.